The number of thiazole rings is 1. The molecule has 20 heavy (non-hydrogen) atoms. The fraction of sp³-hybridized carbons (Fsp3) is 0.375. The topological polar surface area (TPSA) is 34.4 Å². The quantitative estimate of drug-likeness (QED) is 0.786. The molecule has 0 fully saturated rings. The predicted octanol–water partition coefficient (Wildman–Crippen LogP) is 3.88. The van der Waals surface area contributed by atoms with Crippen molar-refractivity contribution >= 4 is 22.8 Å². The highest BCUT2D eigenvalue weighted by molar-refractivity contribution is 7.11. The van der Waals surface area contributed by atoms with E-state index in [2.05, 4.69) is 35.5 Å². The Labute approximate surface area is 123 Å². The van der Waals surface area contributed by atoms with Crippen LogP contribution < -0.4 is 4.80 Å². The van der Waals surface area contributed by atoms with E-state index in [1.807, 2.05) is 19.1 Å². The van der Waals surface area contributed by atoms with E-state index in [9.17, 15) is 4.79 Å². The molecule has 0 aliphatic rings. The van der Waals surface area contributed by atoms with Gasteiger partial charge in [-0.3, -0.25) is 4.79 Å². The number of hydrogen-bond donors (Lipinski definition) is 0. The lowest BCUT2D eigenvalue weighted by Gasteiger charge is -2.01. The second kappa shape index (κ2) is 6.18. The van der Waals surface area contributed by atoms with Crippen molar-refractivity contribution in [1.82, 2.24) is 4.57 Å². The smallest absolute Gasteiger partial charge is 0.190 e. The Hall–Kier alpha value is -1.68. The van der Waals surface area contributed by atoms with Crippen LogP contribution in [0.2, 0.25) is 0 Å². The van der Waals surface area contributed by atoms with Gasteiger partial charge in [0.1, 0.15) is 0 Å². The summed E-state index contributed by atoms with van der Waals surface area (Å²) < 4.78 is 2.09. The summed E-state index contributed by atoms with van der Waals surface area (Å²) in [5, 5.41) is 0. The minimum atomic E-state index is 0.109. The summed E-state index contributed by atoms with van der Waals surface area (Å²) in [5.74, 6) is 0.109. The minimum absolute atomic E-state index is 0.109. The van der Waals surface area contributed by atoms with Crippen LogP contribution in [0.4, 0.5) is 5.69 Å². The van der Waals surface area contributed by atoms with E-state index in [1.54, 1.807) is 6.92 Å². The predicted molar refractivity (Wildman–Crippen MR) is 83.8 cm³/mol. The van der Waals surface area contributed by atoms with Gasteiger partial charge >= 0.3 is 0 Å². The van der Waals surface area contributed by atoms with Crippen LogP contribution in [0.5, 0.6) is 0 Å². The minimum Gasteiger partial charge on any atom is -0.321 e. The number of ketones is 1. The van der Waals surface area contributed by atoms with Crippen molar-refractivity contribution in [2.45, 2.75) is 40.7 Å². The molecule has 0 saturated carbocycles. The Bertz CT molecular complexity index is 677. The van der Waals surface area contributed by atoms with Gasteiger partial charge in [0.15, 0.2) is 10.6 Å². The molecule has 0 N–H and O–H groups in total. The largest absolute Gasteiger partial charge is 0.321 e. The Morgan fingerprint density at radius 1 is 1.25 bits per heavy atom. The molecule has 2 rings (SSSR count). The SMILES string of the molecule is CCc1ccc(N=c2sc(C(C)=O)c(C)n2CC)cc1. The summed E-state index contributed by atoms with van der Waals surface area (Å²) in [5.41, 5.74) is 3.24. The summed E-state index contributed by atoms with van der Waals surface area (Å²) in [6, 6.07) is 8.26. The van der Waals surface area contributed by atoms with Crippen molar-refractivity contribution in [1.29, 1.82) is 0 Å². The number of rotatable bonds is 4. The second-order valence-corrected chi connectivity index (χ2v) is 5.71. The Balaban J connectivity index is 2.52. The molecule has 4 heteroatoms. The van der Waals surface area contributed by atoms with E-state index in [-0.39, 0.29) is 5.78 Å². The highest BCUT2D eigenvalue weighted by atomic mass is 32.1. The first kappa shape index (κ1) is 14.7. The second-order valence-electron chi connectivity index (χ2n) is 4.73. The van der Waals surface area contributed by atoms with Crippen molar-refractivity contribution < 1.29 is 4.79 Å². The van der Waals surface area contributed by atoms with E-state index in [1.165, 1.54) is 16.9 Å². The van der Waals surface area contributed by atoms with Crippen LogP contribution in [-0.2, 0) is 13.0 Å². The third-order valence-corrected chi connectivity index (χ3v) is 4.64. The Kier molecular flexibility index (Phi) is 4.55. The molecule has 3 nitrogen and oxygen atoms in total. The van der Waals surface area contributed by atoms with Crippen molar-refractivity contribution in [3.8, 4) is 0 Å². The van der Waals surface area contributed by atoms with Crippen LogP contribution in [-0.4, -0.2) is 10.4 Å². The standard InChI is InChI=1S/C16H20N2OS/c1-5-13-7-9-14(10-8-13)17-16-18(6-2)11(3)15(20-16)12(4)19/h7-10H,5-6H2,1-4H3. The van der Waals surface area contributed by atoms with Crippen molar-refractivity contribution in [3.05, 3.63) is 45.2 Å². The van der Waals surface area contributed by atoms with Gasteiger partial charge in [-0.2, -0.15) is 0 Å². The van der Waals surface area contributed by atoms with E-state index < -0.39 is 0 Å². The van der Waals surface area contributed by atoms with E-state index in [0.717, 1.165) is 34.0 Å². The van der Waals surface area contributed by atoms with Gasteiger partial charge in [0.25, 0.3) is 0 Å². The third kappa shape index (κ3) is 2.90. The summed E-state index contributed by atoms with van der Waals surface area (Å²) in [7, 11) is 0. The van der Waals surface area contributed by atoms with Crippen molar-refractivity contribution in [2.24, 2.45) is 4.99 Å². The highest BCUT2D eigenvalue weighted by Gasteiger charge is 2.12. The van der Waals surface area contributed by atoms with E-state index >= 15 is 0 Å². The molecule has 2 aromatic rings. The molecule has 0 atom stereocenters. The number of carbonyl (C=O) groups excluding carboxylic acids is 1. The molecule has 0 spiro atoms. The van der Waals surface area contributed by atoms with Crippen LogP contribution in [0.3, 0.4) is 0 Å². The van der Waals surface area contributed by atoms with Gasteiger partial charge in [-0.25, -0.2) is 4.99 Å². The van der Waals surface area contributed by atoms with Gasteiger partial charge in [-0.05, 0) is 38.0 Å². The molecule has 0 amide bonds. The first-order chi connectivity index (χ1) is 9.56. The fourth-order valence-electron chi connectivity index (χ4n) is 2.19. The molecule has 0 unspecified atom stereocenters. The van der Waals surface area contributed by atoms with Gasteiger partial charge in [0, 0.05) is 19.2 Å². The fourth-order valence-corrected chi connectivity index (χ4v) is 3.30. The molecule has 1 heterocycles. The molecular weight excluding hydrogens is 268 g/mol. The number of aryl methyl sites for hydroxylation is 1. The van der Waals surface area contributed by atoms with Crippen LogP contribution in [0.1, 0.15) is 41.7 Å². The average Bonchev–Trinajstić information content (AvgIpc) is 2.76. The van der Waals surface area contributed by atoms with E-state index in [0.29, 0.717) is 0 Å². The maximum absolute atomic E-state index is 11.6. The van der Waals surface area contributed by atoms with Gasteiger partial charge in [-0.1, -0.05) is 30.4 Å². The molecule has 0 aliphatic heterocycles. The number of carbonyl (C=O) groups is 1. The third-order valence-electron chi connectivity index (χ3n) is 3.36. The molecule has 1 aromatic heterocycles. The van der Waals surface area contributed by atoms with Crippen LogP contribution in [0.15, 0.2) is 29.3 Å². The zero-order chi connectivity index (χ0) is 14.7. The molecule has 106 valence electrons. The average molecular weight is 288 g/mol. The number of hydrogen-bond acceptors (Lipinski definition) is 3. The van der Waals surface area contributed by atoms with E-state index in [4.69, 9.17) is 0 Å². The first-order valence-electron chi connectivity index (χ1n) is 6.91. The van der Waals surface area contributed by atoms with Crippen LogP contribution in [0.25, 0.3) is 0 Å². The maximum Gasteiger partial charge on any atom is 0.190 e. The Morgan fingerprint density at radius 3 is 2.40 bits per heavy atom. The normalized spacial score (nSPS) is 11.9. The molecule has 0 bridgehead atoms. The molecule has 1 aromatic carbocycles. The van der Waals surface area contributed by atoms with Crippen LogP contribution in [0, 0.1) is 6.92 Å². The highest BCUT2D eigenvalue weighted by Crippen LogP contribution is 2.16. The van der Waals surface area contributed by atoms with Crippen LogP contribution >= 0.6 is 11.3 Å². The van der Waals surface area contributed by atoms with Crippen molar-refractivity contribution in [2.75, 3.05) is 0 Å². The lowest BCUT2D eigenvalue weighted by Crippen LogP contribution is -2.14. The molecular formula is C16H20N2OS. The van der Waals surface area contributed by atoms with Gasteiger partial charge < -0.3 is 4.57 Å². The molecule has 0 radical (unpaired) electrons. The summed E-state index contributed by atoms with van der Waals surface area (Å²) in [6.45, 7) is 8.62. The number of nitrogens with zero attached hydrogens (tertiary/aromatic N) is 2. The zero-order valence-electron chi connectivity index (χ0n) is 12.4. The lowest BCUT2D eigenvalue weighted by atomic mass is 10.2. The molecule has 0 aliphatic carbocycles. The summed E-state index contributed by atoms with van der Waals surface area (Å²) >= 11 is 1.47. The van der Waals surface area contributed by atoms with Gasteiger partial charge in [-0.15, -0.1) is 0 Å². The van der Waals surface area contributed by atoms with Gasteiger partial charge in [0.05, 0.1) is 10.6 Å². The lowest BCUT2D eigenvalue weighted by molar-refractivity contribution is 0.102. The Morgan fingerprint density at radius 2 is 1.90 bits per heavy atom. The number of benzene rings is 1. The first-order valence-corrected chi connectivity index (χ1v) is 7.73. The number of aromatic nitrogens is 1. The van der Waals surface area contributed by atoms with Crippen molar-refractivity contribution in [3.63, 3.8) is 0 Å². The summed E-state index contributed by atoms with van der Waals surface area (Å²) in [6.07, 6.45) is 1.03. The number of Topliss-reactive ketones (excluding diaryl/α,β-unsaturated/α-hetero) is 1. The maximum atomic E-state index is 11.6. The summed E-state index contributed by atoms with van der Waals surface area (Å²) in [4.78, 5) is 18.0. The monoisotopic (exact) mass is 288 g/mol. The molecule has 0 saturated heterocycles. The van der Waals surface area contributed by atoms with Gasteiger partial charge in [0.2, 0.25) is 0 Å². The zero-order valence-corrected chi connectivity index (χ0v) is 13.3.